The van der Waals surface area contributed by atoms with Gasteiger partial charge in [0.1, 0.15) is 0 Å². The molecule has 94 valence electrons. The summed E-state index contributed by atoms with van der Waals surface area (Å²) >= 11 is 0. The molecule has 0 spiro atoms. The summed E-state index contributed by atoms with van der Waals surface area (Å²) in [5.74, 6) is 0.798. The van der Waals surface area contributed by atoms with E-state index >= 15 is 0 Å². The minimum absolute atomic E-state index is 0.787. The maximum atomic E-state index is 3.70. The van der Waals surface area contributed by atoms with Crippen molar-refractivity contribution in [1.29, 1.82) is 0 Å². The molecule has 16 heavy (non-hydrogen) atoms. The van der Waals surface area contributed by atoms with Crippen LogP contribution in [0.15, 0.2) is 0 Å². The Morgan fingerprint density at radius 1 is 1.25 bits per heavy atom. The third-order valence-corrected chi connectivity index (χ3v) is 4.52. The second-order valence-electron chi connectivity index (χ2n) is 5.87. The molecule has 2 rings (SSSR count). The molecule has 0 aliphatic carbocycles. The Hall–Kier alpha value is -0.0800. The number of hydrogen-bond acceptors (Lipinski definition) is 2. The van der Waals surface area contributed by atoms with Crippen LogP contribution in [0.5, 0.6) is 0 Å². The minimum Gasteiger partial charge on any atom is -0.312 e. The molecule has 3 unspecified atom stereocenters. The molecule has 2 nitrogen and oxygen atoms in total. The molecule has 0 bridgehead atoms. The van der Waals surface area contributed by atoms with E-state index in [0.29, 0.717) is 0 Å². The summed E-state index contributed by atoms with van der Waals surface area (Å²) in [6.07, 6.45) is 6.91. The van der Waals surface area contributed by atoms with Crippen LogP contribution in [0.3, 0.4) is 0 Å². The van der Waals surface area contributed by atoms with Gasteiger partial charge in [-0.2, -0.15) is 0 Å². The topological polar surface area (TPSA) is 15.3 Å². The molecular weight excluding hydrogens is 196 g/mol. The maximum absolute atomic E-state index is 3.70. The normalized spacial score (nSPS) is 33.8. The van der Waals surface area contributed by atoms with E-state index in [2.05, 4.69) is 31.0 Å². The van der Waals surface area contributed by atoms with Gasteiger partial charge in [-0.3, -0.25) is 4.90 Å². The Morgan fingerprint density at radius 3 is 2.62 bits per heavy atom. The van der Waals surface area contributed by atoms with Gasteiger partial charge in [0.15, 0.2) is 0 Å². The van der Waals surface area contributed by atoms with E-state index in [1.54, 1.807) is 0 Å². The smallest absolute Gasteiger partial charge is 0.0252 e. The standard InChI is InChI=1S/C14H28N2/c1-4-13(11(2)3)16-10-6-8-14(16)12-7-5-9-15-12/h11-15H,4-10H2,1-3H3. The molecule has 0 saturated carbocycles. The molecule has 2 saturated heterocycles. The van der Waals surface area contributed by atoms with Crippen molar-refractivity contribution in [2.45, 2.75) is 71.0 Å². The summed E-state index contributed by atoms with van der Waals surface area (Å²) < 4.78 is 0. The molecule has 2 aliphatic heterocycles. The fourth-order valence-electron chi connectivity index (χ4n) is 3.79. The van der Waals surface area contributed by atoms with Crippen LogP contribution in [-0.2, 0) is 0 Å². The molecule has 0 aromatic carbocycles. The molecule has 2 heteroatoms. The first kappa shape index (κ1) is 12.4. The van der Waals surface area contributed by atoms with E-state index in [0.717, 1.165) is 24.0 Å². The van der Waals surface area contributed by atoms with Crippen LogP contribution in [0.4, 0.5) is 0 Å². The lowest BCUT2D eigenvalue weighted by Gasteiger charge is -2.37. The van der Waals surface area contributed by atoms with Crippen LogP contribution in [0.1, 0.15) is 52.9 Å². The second kappa shape index (κ2) is 5.50. The van der Waals surface area contributed by atoms with Gasteiger partial charge in [0.25, 0.3) is 0 Å². The molecule has 2 aliphatic rings. The van der Waals surface area contributed by atoms with Crippen molar-refractivity contribution >= 4 is 0 Å². The van der Waals surface area contributed by atoms with Crippen LogP contribution >= 0.6 is 0 Å². The number of rotatable bonds is 4. The molecule has 2 heterocycles. The first-order valence-electron chi connectivity index (χ1n) is 7.23. The van der Waals surface area contributed by atoms with Crippen molar-refractivity contribution in [1.82, 2.24) is 10.2 Å². The molecular formula is C14H28N2. The highest BCUT2D eigenvalue weighted by Gasteiger charge is 2.36. The number of nitrogens with one attached hydrogen (secondary N) is 1. The lowest BCUT2D eigenvalue weighted by Crippen LogP contribution is -2.49. The van der Waals surface area contributed by atoms with Gasteiger partial charge in [0.05, 0.1) is 0 Å². The largest absolute Gasteiger partial charge is 0.312 e. The maximum Gasteiger partial charge on any atom is 0.0252 e. The average Bonchev–Trinajstić information content (AvgIpc) is 2.86. The molecule has 0 aromatic heterocycles. The Bertz CT molecular complexity index is 209. The van der Waals surface area contributed by atoms with Crippen molar-refractivity contribution in [2.24, 2.45) is 5.92 Å². The highest BCUT2D eigenvalue weighted by molar-refractivity contribution is 4.94. The SMILES string of the molecule is CCC(C(C)C)N1CCCC1C1CCCN1. The Morgan fingerprint density at radius 2 is 2.06 bits per heavy atom. The summed E-state index contributed by atoms with van der Waals surface area (Å²) in [7, 11) is 0. The van der Waals surface area contributed by atoms with E-state index in [1.807, 2.05) is 0 Å². The van der Waals surface area contributed by atoms with Gasteiger partial charge in [-0.25, -0.2) is 0 Å². The predicted octanol–water partition coefficient (Wildman–Crippen LogP) is 2.64. The summed E-state index contributed by atoms with van der Waals surface area (Å²) in [5, 5.41) is 3.70. The van der Waals surface area contributed by atoms with E-state index in [9.17, 15) is 0 Å². The zero-order valence-corrected chi connectivity index (χ0v) is 11.2. The molecule has 1 N–H and O–H groups in total. The Balaban J connectivity index is 2.01. The molecule has 0 aromatic rings. The van der Waals surface area contributed by atoms with Gasteiger partial charge in [-0.1, -0.05) is 20.8 Å². The fraction of sp³-hybridized carbons (Fsp3) is 1.00. The molecule has 0 amide bonds. The van der Waals surface area contributed by atoms with Crippen LogP contribution in [0.25, 0.3) is 0 Å². The van der Waals surface area contributed by atoms with E-state index in [1.165, 1.54) is 45.2 Å². The van der Waals surface area contributed by atoms with Crippen molar-refractivity contribution < 1.29 is 0 Å². The van der Waals surface area contributed by atoms with Gasteiger partial charge in [-0.15, -0.1) is 0 Å². The van der Waals surface area contributed by atoms with Crippen LogP contribution in [0.2, 0.25) is 0 Å². The van der Waals surface area contributed by atoms with Crippen LogP contribution in [0, 0.1) is 5.92 Å². The van der Waals surface area contributed by atoms with Crippen molar-refractivity contribution in [3.8, 4) is 0 Å². The van der Waals surface area contributed by atoms with E-state index < -0.39 is 0 Å². The van der Waals surface area contributed by atoms with Crippen molar-refractivity contribution in [3.05, 3.63) is 0 Å². The lowest BCUT2D eigenvalue weighted by molar-refractivity contribution is 0.116. The Kier molecular flexibility index (Phi) is 4.26. The van der Waals surface area contributed by atoms with Gasteiger partial charge in [-0.05, 0) is 51.1 Å². The monoisotopic (exact) mass is 224 g/mol. The third-order valence-electron chi connectivity index (χ3n) is 4.52. The first-order valence-corrected chi connectivity index (χ1v) is 7.23. The minimum atomic E-state index is 0.787. The van der Waals surface area contributed by atoms with Gasteiger partial charge in [0.2, 0.25) is 0 Å². The summed E-state index contributed by atoms with van der Waals surface area (Å²) in [5.41, 5.74) is 0. The quantitative estimate of drug-likeness (QED) is 0.790. The van der Waals surface area contributed by atoms with Gasteiger partial charge < -0.3 is 5.32 Å². The lowest BCUT2D eigenvalue weighted by atomic mass is 9.96. The van der Waals surface area contributed by atoms with Crippen LogP contribution in [-0.4, -0.2) is 36.1 Å². The predicted molar refractivity (Wildman–Crippen MR) is 69.7 cm³/mol. The highest BCUT2D eigenvalue weighted by Crippen LogP contribution is 2.29. The molecule has 0 radical (unpaired) electrons. The fourth-order valence-corrected chi connectivity index (χ4v) is 3.79. The number of hydrogen-bond donors (Lipinski definition) is 1. The summed E-state index contributed by atoms with van der Waals surface area (Å²) in [4.78, 5) is 2.81. The Labute approximate surface area is 101 Å². The summed E-state index contributed by atoms with van der Waals surface area (Å²) in [6, 6.07) is 2.42. The molecule has 3 atom stereocenters. The third kappa shape index (κ3) is 2.43. The van der Waals surface area contributed by atoms with Gasteiger partial charge >= 0.3 is 0 Å². The highest BCUT2D eigenvalue weighted by atomic mass is 15.2. The van der Waals surface area contributed by atoms with Crippen molar-refractivity contribution in [2.75, 3.05) is 13.1 Å². The summed E-state index contributed by atoms with van der Waals surface area (Å²) in [6.45, 7) is 9.69. The van der Waals surface area contributed by atoms with E-state index in [4.69, 9.17) is 0 Å². The molecule has 2 fully saturated rings. The number of nitrogens with zero attached hydrogens (tertiary/aromatic N) is 1. The second-order valence-corrected chi connectivity index (χ2v) is 5.87. The van der Waals surface area contributed by atoms with E-state index in [-0.39, 0.29) is 0 Å². The zero-order valence-electron chi connectivity index (χ0n) is 11.2. The zero-order chi connectivity index (χ0) is 11.5. The van der Waals surface area contributed by atoms with Gasteiger partial charge in [0, 0.05) is 18.1 Å². The average molecular weight is 224 g/mol. The first-order chi connectivity index (χ1) is 7.74. The van der Waals surface area contributed by atoms with Crippen molar-refractivity contribution in [3.63, 3.8) is 0 Å². The van der Waals surface area contributed by atoms with Crippen LogP contribution < -0.4 is 5.32 Å². The number of likely N-dealkylation sites (tertiary alicyclic amines) is 1.